The standard InChI is InChI=1S/C21H30N4OS/c1-4-5-6-7-17(26)24-10-12-25(13-11-24)20-18-14(2)15(3)27-21(18)23-19(22-20)16-8-9-16/h16H,4-13H2,1-3H3. The van der Waals surface area contributed by atoms with Gasteiger partial charge < -0.3 is 9.80 Å². The highest BCUT2D eigenvalue weighted by atomic mass is 32.1. The van der Waals surface area contributed by atoms with Gasteiger partial charge in [-0.05, 0) is 38.7 Å². The summed E-state index contributed by atoms with van der Waals surface area (Å²) in [5.74, 6) is 2.99. The molecule has 0 N–H and O–H groups in total. The number of anilines is 1. The van der Waals surface area contributed by atoms with Crippen LogP contribution < -0.4 is 4.90 Å². The van der Waals surface area contributed by atoms with Crippen molar-refractivity contribution in [2.45, 2.75) is 65.2 Å². The summed E-state index contributed by atoms with van der Waals surface area (Å²) in [4.78, 5) is 29.2. The second-order valence-electron chi connectivity index (χ2n) is 7.97. The number of aryl methyl sites for hydroxylation is 2. The smallest absolute Gasteiger partial charge is 0.222 e. The topological polar surface area (TPSA) is 49.3 Å². The van der Waals surface area contributed by atoms with E-state index in [2.05, 4.69) is 25.7 Å². The van der Waals surface area contributed by atoms with Crippen molar-refractivity contribution >= 4 is 33.3 Å². The number of fused-ring (bicyclic) bond motifs is 1. The summed E-state index contributed by atoms with van der Waals surface area (Å²) in [5.41, 5.74) is 1.31. The first-order valence-electron chi connectivity index (χ1n) is 10.4. The third-order valence-electron chi connectivity index (χ3n) is 5.90. The van der Waals surface area contributed by atoms with Gasteiger partial charge in [0.25, 0.3) is 0 Å². The van der Waals surface area contributed by atoms with E-state index in [1.54, 1.807) is 11.3 Å². The van der Waals surface area contributed by atoms with Crippen molar-refractivity contribution in [1.82, 2.24) is 14.9 Å². The number of carbonyl (C=O) groups is 1. The molecule has 2 aromatic heterocycles. The molecular weight excluding hydrogens is 356 g/mol. The zero-order valence-corrected chi connectivity index (χ0v) is 17.6. The molecule has 0 unspecified atom stereocenters. The molecule has 2 aliphatic rings. The number of hydrogen-bond acceptors (Lipinski definition) is 5. The van der Waals surface area contributed by atoms with Crippen molar-refractivity contribution in [2.24, 2.45) is 0 Å². The first-order chi connectivity index (χ1) is 13.1. The van der Waals surface area contributed by atoms with E-state index in [1.807, 2.05) is 4.90 Å². The third kappa shape index (κ3) is 3.82. The Hall–Kier alpha value is -1.69. The van der Waals surface area contributed by atoms with E-state index in [0.29, 0.717) is 18.2 Å². The van der Waals surface area contributed by atoms with Crippen LogP contribution in [0.25, 0.3) is 10.2 Å². The first kappa shape index (κ1) is 18.7. The van der Waals surface area contributed by atoms with Gasteiger partial charge in [0.15, 0.2) is 0 Å². The first-order valence-corrected chi connectivity index (χ1v) is 11.2. The van der Waals surface area contributed by atoms with Gasteiger partial charge in [-0.1, -0.05) is 19.8 Å². The quantitative estimate of drug-likeness (QED) is 0.690. The molecule has 2 fully saturated rings. The van der Waals surface area contributed by atoms with Crippen molar-refractivity contribution < 1.29 is 4.79 Å². The van der Waals surface area contributed by atoms with Crippen LogP contribution in [0.3, 0.4) is 0 Å². The Morgan fingerprint density at radius 3 is 2.52 bits per heavy atom. The zero-order chi connectivity index (χ0) is 19.0. The number of rotatable bonds is 6. The average Bonchev–Trinajstić information content (AvgIpc) is 3.48. The molecule has 3 heterocycles. The van der Waals surface area contributed by atoms with Crippen LogP contribution in [0, 0.1) is 13.8 Å². The Bertz CT molecular complexity index is 834. The van der Waals surface area contributed by atoms with E-state index in [1.165, 1.54) is 28.7 Å². The van der Waals surface area contributed by atoms with Gasteiger partial charge in [0.1, 0.15) is 16.5 Å². The molecule has 1 aliphatic heterocycles. The SMILES string of the molecule is CCCCCC(=O)N1CCN(c2nc(C3CC3)nc3sc(C)c(C)c23)CC1. The molecule has 6 heteroatoms. The lowest BCUT2D eigenvalue weighted by Crippen LogP contribution is -2.49. The highest BCUT2D eigenvalue weighted by Gasteiger charge is 2.30. The van der Waals surface area contributed by atoms with Gasteiger partial charge in [-0.2, -0.15) is 0 Å². The van der Waals surface area contributed by atoms with Crippen molar-refractivity contribution in [2.75, 3.05) is 31.1 Å². The molecule has 2 aromatic rings. The second kappa shape index (κ2) is 7.74. The molecule has 0 radical (unpaired) electrons. The molecule has 0 bridgehead atoms. The van der Waals surface area contributed by atoms with Crippen molar-refractivity contribution in [3.8, 4) is 0 Å². The molecule has 0 spiro atoms. The molecular formula is C21H30N4OS. The maximum atomic E-state index is 12.4. The molecule has 1 saturated heterocycles. The van der Waals surface area contributed by atoms with E-state index in [-0.39, 0.29) is 0 Å². The second-order valence-corrected chi connectivity index (χ2v) is 9.17. The van der Waals surface area contributed by atoms with Crippen molar-refractivity contribution in [1.29, 1.82) is 0 Å². The minimum Gasteiger partial charge on any atom is -0.352 e. The molecule has 4 rings (SSSR count). The maximum absolute atomic E-state index is 12.4. The number of amides is 1. The predicted octanol–water partition coefficient (Wildman–Crippen LogP) is 4.41. The van der Waals surface area contributed by atoms with E-state index in [4.69, 9.17) is 9.97 Å². The number of unbranched alkanes of at least 4 members (excludes halogenated alkanes) is 2. The lowest BCUT2D eigenvalue weighted by atomic mass is 10.1. The number of carbonyl (C=O) groups excluding carboxylic acids is 1. The number of piperazine rings is 1. The van der Waals surface area contributed by atoms with Crippen LogP contribution in [0.2, 0.25) is 0 Å². The van der Waals surface area contributed by atoms with Crippen LogP contribution in [-0.4, -0.2) is 47.0 Å². The van der Waals surface area contributed by atoms with Crippen LogP contribution in [-0.2, 0) is 4.79 Å². The van der Waals surface area contributed by atoms with Gasteiger partial charge in [0, 0.05) is 43.4 Å². The average molecular weight is 387 g/mol. The minimum absolute atomic E-state index is 0.317. The third-order valence-corrected chi connectivity index (χ3v) is 7.00. The molecule has 1 aliphatic carbocycles. The van der Waals surface area contributed by atoms with E-state index in [0.717, 1.165) is 61.9 Å². The van der Waals surface area contributed by atoms with Gasteiger partial charge in [-0.25, -0.2) is 9.97 Å². The summed E-state index contributed by atoms with van der Waals surface area (Å²) in [5, 5.41) is 1.23. The summed E-state index contributed by atoms with van der Waals surface area (Å²) in [7, 11) is 0. The molecule has 146 valence electrons. The number of nitrogens with zero attached hydrogens (tertiary/aromatic N) is 4. The van der Waals surface area contributed by atoms with Crippen LogP contribution >= 0.6 is 11.3 Å². The largest absolute Gasteiger partial charge is 0.352 e. The normalized spacial score (nSPS) is 17.7. The van der Waals surface area contributed by atoms with Crippen molar-refractivity contribution in [3.63, 3.8) is 0 Å². The minimum atomic E-state index is 0.317. The van der Waals surface area contributed by atoms with Gasteiger partial charge in [-0.3, -0.25) is 4.79 Å². The number of hydrogen-bond donors (Lipinski definition) is 0. The number of thiophene rings is 1. The Morgan fingerprint density at radius 2 is 1.85 bits per heavy atom. The van der Waals surface area contributed by atoms with E-state index < -0.39 is 0 Å². The lowest BCUT2D eigenvalue weighted by Gasteiger charge is -2.36. The maximum Gasteiger partial charge on any atom is 0.222 e. The fourth-order valence-corrected chi connectivity index (χ4v) is 4.88. The summed E-state index contributed by atoms with van der Waals surface area (Å²) in [6.07, 6.45) is 6.45. The van der Waals surface area contributed by atoms with E-state index in [9.17, 15) is 4.79 Å². The summed E-state index contributed by atoms with van der Waals surface area (Å²) in [6.45, 7) is 9.87. The highest BCUT2D eigenvalue weighted by molar-refractivity contribution is 7.18. The molecule has 1 saturated carbocycles. The van der Waals surface area contributed by atoms with Crippen LogP contribution in [0.15, 0.2) is 0 Å². The van der Waals surface area contributed by atoms with Crippen molar-refractivity contribution in [3.05, 3.63) is 16.3 Å². The summed E-state index contributed by atoms with van der Waals surface area (Å²) < 4.78 is 0. The van der Waals surface area contributed by atoms with Gasteiger partial charge in [0.2, 0.25) is 5.91 Å². The molecule has 27 heavy (non-hydrogen) atoms. The fourth-order valence-electron chi connectivity index (χ4n) is 3.85. The molecule has 1 amide bonds. The summed E-state index contributed by atoms with van der Waals surface area (Å²) in [6, 6.07) is 0. The zero-order valence-electron chi connectivity index (χ0n) is 16.8. The summed E-state index contributed by atoms with van der Waals surface area (Å²) >= 11 is 1.79. The van der Waals surface area contributed by atoms with Gasteiger partial charge in [0.05, 0.1) is 5.39 Å². The predicted molar refractivity (Wildman–Crippen MR) is 112 cm³/mol. The Kier molecular flexibility index (Phi) is 5.35. The van der Waals surface area contributed by atoms with Gasteiger partial charge >= 0.3 is 0 Å². The lowest BCUT2D eigenvalue weighted by molar-refractivity contribution is -0.131. The Labute approximate surface area is 165 Å². The highest BCUT2D eigenvalue weighted by Crippen LogP contribution is 2.42. The monoisotopic (exact) mass is 386 g/mol. The number of aromatic nitrogens is 2. The van der Waals surface area contributed by atoms with Crippen LogP contribution in [0.1, 0.15) is 67.6 Å². The molecule has 0 aromatic carbocycles. The van der Waals surface area contributed by atoms with Crippen LogP contribution in [0.5, 0.6) is 0 Å². The Balaban J connectivity index is 1.52. The molecule has 0 atom stereocenters. The van der Waals surface area contributed by atoms with Crippen LogP contribution in [0.4, 0.5) is 5.82 Å². The fraction of sp³-hybridized carbons (Fsp3) is 0.667. The van der Waals surface area contributed by atoms with Gasteiger partial charge in [-0.15, -0.1) is 11.3 Å². The van der Waals surface area contributed by atoms with E-state index >= 15 is 0 Å². The molecule has 5 nitrogen and oxygen atoms in total. The Morgan fingerprint density at radius 1 is 1.11 bits per heavy atom.